The number of aliphatic hydroxyl groups is 2. The molecule has 2 aromatic carbocycles. The van der Waals surface area contributed by atoms with Crippen LogP contribution in [0.15, 0.2) is 58.5 Å². The number of unbranched alkanes of at least 4 members (excludes halogenated alkanes) is 3. The highest BCUT2D eigenvalue weighted by Gasteiger charge is 2.22. The number of aliphatic hydroxyl groups excluding tert-OH is 2. The fourth-order valence-electron chi connectivity index (χ4n) is 2.75. The van der Waals surface area contributed by atoms with Gasteiger partial charge in [0.1, 0.15) is 0 Å². The van der Waals surface area contributed by atoms with Gasteiger partial charge >= 0.3 is 0 Å². The Hall–Kier alpha value is -2.88. The van der Waals surface area contributed by atoms with Crippen molar-refractivity contribution in [2.45, 2.75) is 52.4 Å². The number of benzene rings is 2. The molecule has 0 aliphatic heterocycles. The van der Waals surface area contributed by atoms with Crippen molar-refractivity contribution in [1.29, 1.82) is 0 Å². The number of hydrogen-bond donors (Lipinski definition) is 2. The SMILES string of the molecule is C.CC(C)(c1ccc(N=C=O)cc1)c1ccc(N=C=O)cc1.OCCCCCCO. The summed E-state index contributed by atoms with van der Waals surface area (Å²) >= 11 is 0. The van der Waals surface area contributed by atoms with Crippen LogP contribution in [-0.4, -0.2) is 35.6 Å². The first kappa shape index (κ1) is 27.1. The van der Waals surface area contributed by atoms with Gasteiger partial charge in [0.15, 0.2) is 0 Å². The Kier molecular flexibility index (Phi) is 13.6. The van der Waals surface area contributed by atoms with Crippen molar-refractivity contribution < 1.29 is 19.8 Å². The van der Waals surface area contributed by atoms with Crippen molar-refractivity contribution in [3.8, 4) is 0 Å². The lowest BCUT2D eigenvalue weighted by Gasteiger charge is -2.26. The van der Waals surface area contributed by atoms with Gasteiger partial charge in [-0.25, -0.2) is 9.59 Å². The van der Waals surface area contributed by atoms with E-state index in [-0.39, 0.29) is 26.1 Å². The average molecular weight is 413 g/mol. The molecule has 6 nitrogen and oxygen atoms in total. The predicted octanol–water partition coefficient (Wildman–Crippen LogP) is 5.11. The first-order valence-corrected chi connectivity index (χ1v) is 9.58. The largest absolute Gasteiger partial charge is 0.396 e. The van der Waals surface area contributed by atoms with Crippen molar-refractivity contribution in [2.75, 3.05) is 13.2 Å². The highest BCUT2D eigenvalue weighted by Crippen LogP contribution is 2.33. The van der Waals surface area contributed by atoms with Crippen LogP contribution in [0.3, 0.4) is 0 Å². The summed E-state index contributed by atoms with van der Waals surface area (Å²) in [6.07, 6.45) is 6.88. The first-order valence-electron chi connectivity index (χ1n) is 9.58. The number of carbonyl (C=O) groups excluding carboxylic acids is 2. The van der Waals surface area contributed by atoms with Gasteiger partial charge in [-0.3, -0.25) is 0 Å². The molecule has 2 N–H and O–H groups in total. The van der Waals surface area contributed by atoms with E-state index in [2.05, 4.69) is 23.8 Å². The lowest BCUT2D eigenvalue weighted by atomic mass is 9.78. The third-order valence-corrected chi connectivity index (χ3v) is 4.59. The van der Waals surface area contributed by atoms with Gasteiger partial charge in [0, 0.05) is 18.6 Å². The maximum Gasteiger partial charge on any atom is 0.240 e. The third kappa shape index (κ3) is 9.08. The summed E-state index contributed by atoms with van der Waals surface area (Å²) in [6.45, 7) is 4.77. The minimum atomic E-state index is -0.215. The summed E-state index contributed by atoms with van der Waals surface area (Å²) in [4.78, 5) is 27.6. The Morgan fingerprint density at radius 3 is 1.30 bits per heavy atom. The van der Waals surface area contributed by atoms with Gasteiger partial charge < -0.3 is 10.2 Å². The summed E-state index contributed by atoms with van der Waals surface area (Å²) in [7, 11) is 0. The highest BCUT2D eigenvalue weighted by molar-refractivity contribution is 5.53. The number of isocyanates is 2. The molecule has 2 aromatic rings. The number of hydrogen-bond acceptors (Lipinski definition) is 6. The second-order valence-corrected chi connectivity index (χ2v) is 6.99. The van der Waals surface area contributed by atoms with E-state index in [1.54, 1.807) is 24.3 Å². The van der Waals surface area contributed by atoms with Gasteiger partial charge in [-0.05, 0) is 48.2 Å². The summed E-state index contributed by atoms with van der Waals surface area (Å²) in [5.41, 5.74) is 3.14. The minimum absolute atomic E-state index is 0. The van der Waals surface area contributed by atoms with Crippen LogP contribution in [0.4, 0.5) is 11.4 Å². The quantitative estimate of drug-likeness (QED) is 0.339. The molecule has 0 fully saturated rings. The molecule has 0 radical (unpaired) electrons. The Bertz CT molecular complexity index is 748. The highest BCUT2D eigenvalue weighted by atomic mass is 16.3. The van der Waals surface area contributed by atoms with E-state index in [0.717, 1.165) is 36.8 Å². The van der Waals surface area contributed by atoms with Gasteiger partial charge in [-0.1, -0.05) is 58.4 Å². The van der Waals surface area contributed by atoms with Gasteiger partial charge in [-0.2, -0.15) is 9.98 Å². The van der Waals surface area contributed by atoms with Crippen molar-refractivity contribution in [2.24, 2.45) is 9.98 Å². The molecule has 0 aromatic heterocycles. The standard InChI is InChI=1S/C17H14N2O2.C6H14O2.CH4/c1-17(2,13-3-7-15(8-4-13)18-11-20)14-5-9-16(10-6-14)19-12-21;7-5-3-1-2-4-6-8;/h3-10H,1-2H3;7-8H,1-6H2;1H4. The van der Waals surface area contributed by atoms with E-state index in [9.17, 15) is 9.59 Å². The number of aliphatic imine (C=N–C) groups is 2. The molecular formula is C24H32N2O4. The molecule has 0 heterocycles. The molecule has 2 rings (SSSR count). The summed E-state index contributed by atoms with van der Waals surface area (Å²) in [6, 6.07) is 14.9. The molecule has 0 aliphatic rings. The Morgan fingerprint density at radius 2 is 1.03 bits per heavy atom. The van der Waals surface area contributed by atoms with Crippen LogP contribution in [0.5, 0.6) is 0 Å². The fourth-order valence-corrected chi connectivity index (χ4v) is 2.75. The van der Waals surface area contributed by atoms with E-state index in [0.29, 0.717) is 11.4 Å². The maximum atomic E-state index is 10.2. The molecule has 0 atom stereocenters. The van der Waals surface area contributed by atoms with Crippen molar-refractivity contribution in [3.05, 3.63) is 59.7 Å². The first-order chi connectivity index (χ1) is 14.0. The van der Waals surface area contributed by atoms with Gasteiger partial charge in [-0.15, -0.1) is 0 Å². The van der Waals surface area contributed by atoms with Crippen LogP contribution in [-0.2, 0) is 15.0 Å². The van der Waals surface area contributed by atoms with Gasteiger partial charge in [0.2, 0.25) is 12.2 Å². The van der Waals surface area contributed by atoms with E-state index < -0.39 is 0 Å². The van der Waals surface area contributed by atoms with E-state index in [1.807, 2.05) is 24.3 Å². The maximum absolute atomic E-state index is 10.2. The normalized spacial score (nSPS) is 9.87. The molecule has 162 valence electrons. The lowest BCUT2D eigenvalue weighted by Crippen LogP contribution is -2.18. The molecule has 0 saturated carbocycles. The number of rotatable bonds is 9. The van der Waals surface area contributed by atoms with Crippen LogP contribution in [0, 0.1) is 0 Å². The van der Waals surface area contributed by atoms with Crippen molar-refractivity contribution >= 4 is 23.5 Å². The Morgan fingerprint density at radius 1 is 0.700 bits per heavy atom. The van der Waals surface area contributed by atoms with Crippen molar-refractivity contribution in [1.82, 2.24) is 0 Å². The second-order valence-electron chi connectivity index (χ2n) is 6.99. The molecule has 6 heteroatoms. The number of nitrogens with zero attached hydrogens (tertiary/aromatic N) is 2. The fraction of sp³-hybridized carbons (Fsp3) is 0.417. The zero-order valence-electron chi connectivity index (χ0n) is 17.0. The van der Waals surface area contributed by atoms with Crippen LogP contribution < -0.4 is 0 Å². The second kappa shape index (κ2) is 15.0. The molecule has 0 aliphatic carbocycles. The predicted molar refractivity (Wildman–Crippen MR) is 120 cm³/mol. The lowest BCUT2D eigenvalue weighted by molar-refractivity contribution is 0.265. The van der Waals surface area contributed by atoms with Gasteiger partial charge in [0.05, 0.1) is 11.4 Å². The topological polar surface area (TPSA) is 99.3 Å². The minimum Gasteiger partial charge on any atom is -0.396 e. The zero-order chi connectivity index (χ0) is 21.5. The molecule has 0 saturated heterocycles. The monoisotopic (exact) mass is 412 g/mol. The van der Waals surface area contributed by atoms with E-state index in [4.69, 9.17) is 10.2 Å². The molecule has 0 spiro atoms. The molecule has 0 amide bonds. The van der Waals surface area contributed by atoms with Crippen molar-refractivity contribution in [3.63, 3.8) is 0 Å². The van der Waals surface area contributed by atoms with Crippen LogP contribution >= 0.6 is 0 Å². The third-order valence-electron chi connectivity index (χ3n) is 4.59. The van der Waals surface area contributed by atoms with E-state index >= 15 is 0 Å². The zero-order valence-corrected chi connectivity index (χ0v) is 17.0. The van der Waals surface area contributed by atoms with Gasteiger partial charge in [0.25, 0.3) is 0 Å². The van der Waals surface area contributed by atoms with Crippen LogP contribution in [0.25, 0.3) is 0 Å². The van der Waals surface area contributed by atoms with Crippen LogP contribution in [0.1, 0.15) is 58.1 Å². The average Bonchev–Trinajstić information content (AvgIpc) is 2.73. The molecular weight excluding hydrogens is 380 g/mol. The molecule has 0 unspecified atom stereocenters. The molecule has 30 heavy (non-hydrogen) atoms. The van der Waals surface area contributed by atoms with E-state index in [1.165, 1.54) is 12.2 Å². The Labute approximate surface area is 179 Å². The summed E-state index contributed by atoms with van der Waals surface area (Å²) in [5, 5.41) is 16.6. The molecule has 0 bridgehead atoms. The summed E-state index contributed by atoms with van der Waals surface area (Å²) < 4.78 is 0. The summed E-state index contributed by atoms with van der Waals surface area (Å²) in [5.74, 6) is 0. The Balaban J connectivity index is 0.000000801. The van der Waals surface area contributed by atoms with Crippen LogP contribution in [0.2, 0.25) is 0 Å². The smallest absolute Gasteiger partial charge is 0.240 e.